The number of amides is 1. The molecule has 0 spiro atoms. The molecule has 9 heteroatoms. The molecule has 0 saturated heterocycles. The highest BCUT2D eigenvalue weighted by Crippen LogP contribution is 2.33. The lowest BCUT2D eigenvalue weighted by molar-refractivity contribution is -0.116. The number of carbonyl (C=O) groups excluding carboxylic acids is 1. The second kappa shape index (κ2) is 11.4. The summed E-state index contributed by atoms with van der Waals surface area (Å²) in [5.41, 5.74) is 0.579. The highest BCUT2D eigenvalue weighted by molar-refractivity contribution is 7.89. The molecule has 1 fully saturated rings. The second-order valence-corrected chi connectivity index (χ2v) is 9.76. The van der Waals surface area contributed by atoms with E-state index < -0.39 is 15.9 Å². The number of nitrogens with zero attached hydrogens (tertiary/aromatic N) is 1. The summed E-state index contributed by atoms with van der Waals surface area (Å²) in [5.74, 6) is 1.07. The zero-order chi connectivity index (χ0) is 23.8. The fourth-order valence-corrected chi connectivity index (χ4v) is 5.69. The third-order valence-electron chi connectivity index (χ3n) is 5.69. The largest absolute Gasteiger partial charge is 0.494 e. The Kier molecular flexibility index (Phi) is 8.57. The highest BCUT2D eigenvalue weighted by Gasteiger charge is 2.34. The molecule has 0 aromatic heterocycles. The Balaban J connectivity index is 1.84. The van der Waals surface area contributed by atoms with Crippen LogP contribution in [0.25, 0.3) is 0 Å². The van der Waals surface area contributed by atoms with Crippen LogP contribution >= 0.6 is 0 Å². The van der Waals surface area contributed by atoms with Gasteiger partial charge in [-0.25, -0.2) is 8.42 Å². The highest BCUT2D eigenvalue weighted by atomic mass is 32.2. The molecule has 1 aliphatic carbocycles. The zero-order valence-electron chi connectivity index (χ0n) is 19.4. The van der Waals surface area contributed by atoms with E-state index in [4.69, 9.17) is 14.2 Å². The van der Waals surface area contributed by atoms with Gasteiger partial charge in [0.25, 0.3) is 0 Å². The first-order valence-electron chi connectivity index (χ1n) is 11.2. The van der Waals surface area contributed by atoms with Crippen LogP contribution in [0.3, 0.4) is 0 Å². The zero-order valence-corrected chi connectivity index (χ0v) is 20.2. The first-order chi connectivity index (χ1) is 15.9. The Morgan fingerprint density at radius 1 is 1.00 bits per heavy atom. The van der Waals surface area contributed by atoms with E-state index >= 15 is 0 Å². The van der Waals surface area contributed by atoms with Gasteiger partial charge in [0, 0.05) is 17.8 Å². The lowest BCUT2D eigenvalue weighted by atomic mass is 9.95. The van der Waals surface area contributed by atoms with Crippen LogP contribution in [0.5, 0.6) is 17.2 Å². The summed E-state index contributed by atoms with van der Waals surface area (Å²) in [7, 11) is -0.995. The van der Waals surface area contributed by atoms with E-state index in [0.29, 0.717) is 29.5 Å². The van der Waals surface area contributed by atoms with Gasteiger partial charge in [-0.3, -0.25) is 4.79 Å². The van der Waals surface area contributed by atoms with Crippen LogP contribution in [0.2, 0.25) is 0 Å². The monoisotopic (exact) mass is 476 g/mol. The molecule has 1 amide bonds. The van der Waals surface area contributed by atoms with E-state index in [1.165, 1.54) is 30.7 Å². The summed E-state index contributed by atoms with van der Waals surface area (Å²) in [6.07, 6.45) is 4.39. The van der Waals surface area contributed by atoms with E-state index in [0.717, 1.165) is 32.1 Å². The average molecular weight is 477 g/mol. The summed E-state index contributed by atoms with van der Waals surface area (Å²) < 4.78 is 44.5. The molecule has 3 rings (SSSR count). The number of nitrogens with one attached hydrogen (secondary N) is 1. The van der Waals surface area contributed by atoms with Crippen molar-refractivity contribution >= 4 is 21.6 Å². The Morgan fingerprint density at radius 2 is 1.67 bits per heavy atom. The van der Waals surface area contributed by atoms with Crippen LogP contribution in [-0.4, -0.2) is 52.0 Å². The molecular formula is C24H32N2O6S. The lowest BCUT2D eigenvalue weighted by Crippen LogP contribution is -2.45. The molecule has 0 aliphatic heterocycles. The molecule has 2 aromatic rings. The number of sulfonamides is 1. The van der Waals surface area contributed by atoms with Gasteiger partial charge in [0.2, 0.25) is 15.9 Å². The van der Waals surface area contributed by atoms with E-state index in [2.05, 4.69) is 5.32 Å². The van der Waals surface area contributed by atoms with Crippen LogP contribution < -0.4 is 19.5 Å². The number of hydrogen-bond acceptors (Lipinski definition) is 6. The number of rotatable bonds is 10. The predicted octanol–water partition coefficient (Wildman–Crippen LogP) is 4.06. The minimum Gasteiger partial charge on any atom is -0.494 e. The van der Waals surface area contributed by atoms with Crippen molar-refractivity contribution in [2.45, 2.75) is 50.0 Å². The number of hydrogen-bond donors (Lipinski definition) is 1. The summed E-state index contributed by atoms with van der Waals surface area (Å²) >= 11 is 0. The van der Waals surface area contributed by atoms with Crippen molar-refractivity contribution in [2.75, 3.05) is 32.7 Å². The van der Waals surface area contributed by atoms with E-state index in [-0.39, 0.29) is 17.5 Å². The molecule has 1 saturated carbocycles. The Labute approximate surface area is 195 Å². The van der Waals surface area contributed by atoms with Gasteiger partial charge in [0.1, 0.15) is 5.75 Å². The van der Waals surface area contributed by atoms with Crippen LogP contribution in [0.4, 0.5) is 5.69 Å². The number of methoxy groups -OCH3 is 2. The van der Waals surface area contributed by atoms with Gasteiger partial charge >= 0.3 is 0 Å². The maximum absolute atomic E-state index is 13.6. The summed E-state index contributed by atoms with van der Waals surface area (Å²) in [6.45, 7) is 2.18. The van der Waals surface area contributed by atoms with Gasteiger partial charge in [-0.15, -0.1) is 0 Å². The molecule has 0 atom stereocenters. The van der Waals surface area contributed by atoms with Crippen molar-refractivity contribution in [3.05, 3.63) is 42.5 Å². The molecule has 0 radical (unpaired) electrons. The standard InChI is InChI=1S/C24H32N2O6S/c1-4-32-20-12-10-18(11-13-20)25-24(27)17-26(19-8-6-5-7-9-19)33(28,29)21-14-15-22(30-2)23(16-21)31-3/h10-16,19H,4-9,17H2,1-3H3,(H,25,27). The minimum atomic E-state index is -3.94. The first kappa shape index (κ1) is 24.9. The normalized spacial score (nSPS) is 14.7. The van der Waals surface area contributed by atoms with Crippen molar-refractivity contribution in [3.63, 3.8) is 0 Å². The molecule has 0 heterocycles. The van der Waals surface area contributed by atoms with Crippen LogP contribution in [-0.2, 0) is 14.8 Å². The number of ether oxygens (including phenoxy) is 3. The molecule has 33 heavy (non-hydrogen) atoms. The van der Waals surface area contributed by atoms with Gasteiger partial charge in [-0.05, 0) is 56.2 Å². The maximum Gasteiger partial charge on any atom is 0.243 e. The maximum atomic E-state index is 13.6. The molecule has 0 bridgehead atoms. The van der Waals surface area contributed by atoms with Gasteiger partial charge in [-0.1, -0.05) is 19.3 Å². The lowest BCUT2D eigenvalue weighted by Gasteiger charge is -2.33. The second-order valence-electron chi connectivity index (χ2n) is 7.86. The average Bonchev–Trinajstić information content (AvgIpc) is 2.84. The first-order valence-corrected chi connectivity index (χ1v) is 12.6. The summed E-state index contributed by atoms with van der Waals surface area (Å²) in [6, 6.07) is 11.2. The molecule has 2 aromatic carbocycles. The Hall–Kier alpha value is -2.78. The third-order valence-corrected chi connectivity index (χ3v) is 7.59. The van der Waals surface area contributed by atoms with Crippen LogP contribution in [0.1, 0.15) is 39.0 Å². The molecule has 1 N–H and O–H groups in total. The van der Waals surface area contributed by atoms with Crippen LogP contribution in [0.15, 0.2) is 47.4 Å². The Morgan fingerprint density at radius 3 is 2.27 bits per heavy atom. The van der Waals surface area contributed by atoms with E-state index in [9.17, 15) is 13.2 Å². The third kappa shape index (κ3) is 6.17. The van der Waals surface area contributed by atoms with Gasteiger partial charge in [-0.2, -0.15) is 4.31 Å². The summed E-state index contributed by atoms with van der Waals surface area (Å²) in [5, 5.41) is 2.80. The Bertz CT molecular complexity index is 1030. The van der Waals surface area contributed by atoms with Crippen molar-refractivity contribution in [3.8, 4) is 17.2 Å². The fraction of sp³-hybridized carbons (Fsp3) is 0.458. The van der Waals surface area contributed by atoms with Gasteiger partial charge < -0.3 is 19.5 Å². The molecular weight excluding hydrogens is 444 g/mol. The van der Waals surface area contributed by atoms with Gasteiger partial charge in [0.15, 0.2) is 11.5 Å². The number of anilines is 1. The van der Waals surface area contributed by atoms with Crippen molar-refractivity contribution in [2.24, 2.45) is 0 Å². The van der Waals surface area contributed by atoms with E-state index in [1.54, 1.807) is 30.3 Å². The molecule has 1 aliphatic rings. The molecule has 180 valence electrons. The van der Waals surface area contributed by atoms with Crippen molar-refractivity contribution < 1.29 is 27.4 Å². The minimum absolute atomic E-state index is 0.0691. The number of benzene rings is 2. The van der Waals surface area contributed by atoms with E-state index in [1.807, 2.05) is 6.92 Å². The quantitative estimate of drug-likeness (QED) is 0.556. The predicted molar refractivity (Wildman–Crippen MR) is 127 cm³/mol. The van der Waals surface area contributed by atoms with Gasteiger partial charge in [0.05, 0.1) is 32.3 Å². The molecule has 0 unspecified atom stereocenters. The topological polar surface area (TPSA) is 94.2 Å². The smallest absolute Gasteiger partial charge is 0.243 e. The summed E-state index contributed by atoms with van der Waals surface area (Å²) in [4.78, 5) is 13.0. The number of carbonyl (C=O) groups is 1. The van der Waals surface area contributed by atoms with Crippen molar-refractivity contribution in [1.29, 1.82) is 0 Å². The molecule has 8 nitrogen and oxygen atoms in total. The van der Waals surface area contributed by atoms with Crippen molar-refractivity contribution in [1.82, 2.24) is 4.31 Å². The fourth-order valence-electron chi connectivity index (χ4n) is 4.03. The van der Waals surface area contributed by atoms with Crippen LogP contribution in [0, 0.1) is 0 Å². The SMILES string of the molecule is CCOc1ccc(NC(=O)CN(C2CCCCC2)S(=O)(=O)c2ccc(OC)c(OC)c2)cc1.